The smallest absolute Gasteiger partial charge is 0.167 e. The maximum absolute atomic E-state index is 12.9. The van der Waals surface area contributed by atoms with Crippen LogP contribution in [-0.4, -0.2) is 6.04 Å². The van der Waals surface area contributed by atoms with Crippen LogP contribution in [0.5, 0.6) is 5.75 Å². The van der Waals surface area contributed by atoms with E-state index < -0.39 is 5.82 Å². The van der Waals surface area contributed by atoms with Gasteiger partial charge in [0.25, 0.3) is 0 Å². The number of nitrogens with one attached hydrogen (secondary N) is 1. The maximum Gasteiger partial charge on any atom is 0.167 e. The van der Waals surface area contributed by atoms with Crippen LogP contribution in [0.15, 0.2) is 12.1 Å². The van der Waals surface area contributed by atoms with Crippen LogP contribution in [0.2, 0.25) is 5.02 Å². The Morgan fingerprint density at radius 2 is 2.14 bits per heavy atom. The van der Waals surface area contributed by atoms with Gasteiger partial charge in [0.15, 0.2) is 5.75 Å². The number of nitrogens with two attached hydrogens (primary N) is 1. The predicted octanol–water partition coefficient (Wildman–Crippen LogP) is 2.35. The van der Waals surface area contributed by atoms with Crippen LogP contribution in [0, 0.1) is 5.82 Å². The van der Waals surface area contributed by atoms with Gasteiger partial charge in [-0.25, -0.2) is 4.39 Å². The van der Waals surface area contributed by atoms with Gasteiger partial charge in [-0.05, 0) is 19.9 Å². The van der Waals surface area contributed by atoms with Gasteiger partial charge < -0.3 is 10.6 Å². The van der Waals surface area contributed by atoms with Gasteiger partial charge in [0.1, 0.15) is 5.82 Å². The molecular formula is C9H12ClFN2O. The average Bonchev–Trinajstić information content (AvgIpc) is 2.09. The first-order chi connectivity index (χ1) is 6.50. The van der Waals surface area contributed by atoms with E-state index in [4.69, 9.17) is 22.2 Å². The summed E-state index contributed by atoms with van der Waals surface area (Å²) < 4.78 is 12.9. The molecule has 0 aliphatic rings. The van der Waals surface area contributed by atoms with Gasteiger partial charge in [-0.3, -0.25) is 0 Å². The fourth-order valence-electron chi connectivity index (χ4n) is 0.804. The van der Waals surface area contributed by atoms with Gasteiger partial charge in [0.2, 0.25) is 0 Å². The summed E-state index contributed by atoms with van der Waals surface area (Å²) in [5.74, 6) is -0.230. The summed E-state index contributed by atoms with van der Waals surface area (Å²) in [6.45, 7) is 3.81. The van der Waals surface area contributed by atoms with Gasteiger partial charge in [0.05, 0.1) is 10.7 Å². The lowest BCUT2D eigenvalue weighted by molar-refractivity contribution is 0.169. The molecule has 0 unspecified atom stereocenters. The largest absolute Gasteiger partial charge is 0.407 e. The first-order valence-corrected chi connectivity index (χ1v) is 4.55. The zero-order valence-electron chi connectivity index (χ0n) is 7.97. The summed E-state index contributed by atoms with van der Waals surface area (Å²) in [4.78, 5) is 5.11. The van der Waals surface area contributed by atoms with Gasteiger partial charge in [-0.1, -0.05) is 11.6 Å². The van der Waals surface area contributed by atoms with Crippen LogP contribution in [-0.2, 0) is 0 Å². The zero-order valence-corrected chi connectivity index (χ0v) is 8.73. The first-order valence-electron chi connectivity index (χ1n) is 4.17. The van der Waals surface area contributed by atoms with Crippen LogP contribution >= 0.6 is 11.6 Å². The van der Waals surface area contributed by atoms with E-state index in [1.54, 1.807) is 0 Å². The number of hydrogen-bond donors (Lipinski definition) is 2. The number of anilines is 1. The van der Waals surface area contributed by atoms with Crippen molar-refractivity contribution in [2.24, 2.45) is 0 Å². The van der Waals surface area contributed by atoms with Crippen molar-refractivity contribution < 1.29 is 9.23 Å². The summed E-state index contributed by atoms with van der Waals surface area (Å²) in [5.41, 5.74) is 8.05. The summed E-state index contributed by atoms with van der Waals surface area (Å²) in [5, 5.41) is 0.185. The number of halogens is 2. The van der Waals surface area contributed by atoms with Crippen molar-refractivity contribution in [3.05, 3.63) is 23.0 Å². The van der Waals surface area contributed by atoms with Gasteiger partial charge >= 0.3 is 0 Å². The van der Waals surface area contributed by atoms with Crippen molar-refractivity contribution in [3.8, 4) is 5.75 Å². The summed E-state index contributed by atoms with van der Waals surface area (Å²) in [6, 6.07) is 2.60. The van der Waals surface area contributed by atoms with E-state index in [-0.39, 0.29) is 16.8 Å². The molecule has 14 heavy (non-hydrogen) atoms. The lowest BCUT2D eigenvalue weighted by Crippen LogP contribution is -2.26. The highest BCUT2D eigenvalue weighted by Gasteiger charge is 2.07. The molecule has 0 atom stereocenters. The fourth-order valence-corrected chi connectivity index (χ4v) is 0.993. The van der Waals surface area contributed by atoms with Crippen molar-refractivity contribution in [2.45, 2.75) is 19.9 Å². The first kappa shape index (κ1) is 11.1. The van der Waals surface area contributed by atoms with Crippen LogP contribution in [0.3, 0.4) is 0 Å². The molecule has 0 saturated carbocycles. The van der Waals surface area contributed by atoms with Crippen molar-refractivity contribution in [3.63, 3.8) is 0 Å². The number of rotatable bonds is 3. The van der Waals surface area contributed by atoms with Crippen LogP contribution in [0.1, 0.15) is 13.8 Å². The van der Waals surface area contributed by atoms with Crippen LogP contribution in [0.4, 0.5) is 10.1 Å². The third-order valence-corrected chi connectivity index (χ3v) is 1.75. The lowest BCUT2D eigenvalue weighted by atomic mass is 10.3. The number of nitrogen functional groups attached to an aromatic ring is 1. The molecule has 0 aliphatic carbocycles. The highest BCUT2D eigenvalue weighted by atomic mass is 35.5. The average molecular weight is 219 g/mol. The van der Waals surface area contributed by atoms with Crippen LogP contribution in [0.25, 0.3) is 0 Å². The summed E-state index contributed by atoms with van der Waals surface area (Å²) in [6.07, 6.45) is 0. The number of benzene rings is 1. The molecule has 0 saturated heterocycles. The van der Waals surface area contributed by atoms with Crippen LogP contribution < -0.4 is 16.1 Å². The Balaban J connectivity index is 2.82. The normalized spacial score (nSPS) is 10.6. The molecule has 0 amide bonds. The molecule has 78 valence electrons. The van der Waals surface area contributed by atoms with E-state index in [1.807, 2.05) is 13.8 Å². The third-order valence-electron chi connectivity index (χ3n) is 1.46. The summed E-state index contributed by atoms with van der Waals surface area (Å²) >= 11 is 5.72. The Bertz CT molecular complexity index is 331. The Morgan fingerprint density at radius 1 is 1.50 bits per heavy atom. The minimum absolute atomic E-state index is 0.00922. The predicted molar refractivity (Wildman–Crippen MR) is 54.7 cm³/mol. The SMILES string of the molecule is CC(C)NOc1cc(N)c(F)cc1Cl. The molecule has 5 heteroatoms. The van der Waals surface area contributed by atoms with E-state index in [2.05, 4.69) is 5.48 Å². The molecule has 0 radical (unpaired) electrons. The Hall–Kier alpha value is -1.00. The second-order valence-electron chi connectivity index (χ2n) is 3.18. The van der Waals surface area contributed by atoms with E-state index in [9.17, 15) is 4.39 Å². The highest BCUT2D eigenvalue weighted by molar-refractivity contribution is 6.32. The second-order valence-corrected chi connectivity index (χ2v) is 3.59. The van der Waals surface area contributed by atoms with E-state index in [0.717, 1.165) is 6.07 Å². The zero-order chi connectivity index (χ0) is 10.7. The highest BCUT2D eigenvalue weighted by Crippen LogP contribution is 2.28. The van der Waals surface area contributed by atoms with E-state index in [1.165, 1.54) is 6.07 Å². The number of hydroxylamine groups is 1. The maximum atomic E-state index is 12.9. The Kier molecular flexibility index (Phi) is 3.55. The quantitative estimate of drug-likeness (QED) is 0.605. The molecule has 0 aliphatic heterocycles. The molecule has 0 heterocycles. The van der Waals surface area contributed by atoms with Crippen molar-refractivity contribution >= 4 is 17.3 Å². The van der Waals surface area contributed by atoms with Crippen molar-refractivity contribution in [2.75, 3.05) is 5.73 Å². The summed E-state index contributed by atoms with van der Waals surface area (Å²) in [7, 11) is 0. The third kappa shape index (κ3) is 2.75. The van der Waals surface area contributed by atoms with E-state index in [0.29, 0.717) is 5.75 Å². The lowest BCUT2D eigenvalue weighted by Gasteiger charge is -2.11. The standard InChI is InChI=1S/C9H12ClFN2O/c1-5(2)13-14-9-4-8(12)7(11)3-6(9)10/h3-5,13H,12H2,1-2H3. The molecule has 0 aromatic heterocycles. The molecule has 3 N–H and O–H groups in total. The van der Waals surface area contributed by atoms with E-state index >= 15 is 0 Å². The topological polar surface area (TPSA) is 47.3 Å². The molecule has 1 rings (SSSR count). The molecular weight excluding hydrogens is 207 g/mol. The fraction of sp³-hybridized carbons (Fsp3) is 0.333. The molecule has 3 nitrogen and oxygen atoms in total. The Morgan fingerprint density at radius 3 is 2.71 bits per heavy atom. The Labute approximate surface area is 87.0 Å². The minimum atomic E-state index is -0.549. The molecule has 0 spiro atoms. The molecule has 0 fully saturated rings. The van der Waals surface area contributed by atoms with Crippen molar-refractivity contribution in [1.82, 2.24) is 5.48 Å². The van der Waals surface area contributed by atoms with Gasteiger partial charge in [0, 0.05) is 12.1 Å². The molecule has 1 aromatic rings. The van der Waals surface area contributed by atoms with Gasteiger partial charge in [-0.15, -0.1) is 0 Å². The number of hydrogen-bond acceptors (Lipinski definition) is 3. The molecule has 1 aromatic carbocycles. The molecule has 0 bridgehead atoms. The van der Waals surface area contributed by atoms with Crippen molar-refractivity contribution in [1.29, 1.82) is 0 Å². The van der Waals surface area contributed by atoms with Gasteiger partial charge in [-0.2, -0.15) is 5.48 Å². The minimum Gasteiger partial charge on any atom is -0.407 e. The monoisotopic (exact) mass is 218 g/mol. The second kappa shape index (κ2) is 4.48.